The maximum atomic E-state index is 5.34. The van der Waals surface area contributed by atoms with Crippen LogP contribution in [0.15, 0.2) is 28.1 Å². The first kappa shape index (κ1) is 9.12. The fraction of sp³-hybridized carbons (Fsp3) is 0.364. The second-order valence-corrected chi connectivity index (χ2v) is 4.69. The molecule has 2 aromatic rings. The van der Waals surface area contributed by atoms with Crippen LogP contribution in [0.25, 0.3) is 10.6 Å². The summed E-state index contributed by atoms with van der Waals surface area (Å²) in [4.78, 5) is 1.15. The molecular weight excluding hydrogens is 208 g/mol. The van der Waals surface area contributed by atoms with Gasteiger partial charge >= 0.3 is 0 Å². The van der Waals surface area contributed by atoms with Gasteiger partial charge in [0, 0.05) is 6.07 Å². The van der Waals surface area contributed by atoms with Gasteiger partial charge in [0.25, 0.3) is 0 Å². The minimum atomic E-state index is 0.391. The average Bonchev–Trinajstić information content (AvgIpc) is 3.02. The van der Waals surface area contributed by atoms with Crippen LogP contribution in [0.1, 0.15) is 24.6 Å². The van der Waals surface area contributed by atoms with E-state index in [4.69, 9.17) is 4.52 Å². The molecule has 1 aliphatic heterocycles. The summed E-state index contributed by atoms with van der Waals surface area (Å²) >= 11 is 1.68. The largest absolute Gasteiger partial charge is 0.355 e. The van der Waals surface area contributed by atoms with E-state index in [9.17, 15) is 0 Å². The lowest BCUT2D eigenvalue weighted by Crippen LogP contribution is -2.12. The third kappa shape index (κ3) is 1.70. The number of nitrogens with one attached hydrogen (secondary N) is 1. The van der Waals surface area contributed by atoms with E-state index in [0.717, 1.165) is 29.3 Å². The van der Waals surface area contributed by atoms with Crippen molar-refractivity contribution in [2.75, 3.05) is 6.54 Å². The highest BCUT2D eigenvalue weighted by Crippen LogP contribution is 2.29. The summed E-state index contributed by atoms with van der Waals surface area (Å²) in [5, 5.41) is 9.58. The standard InChI is InChI=1S/C11H12N2OS/c1-3-8(12-5-1)9-7-10(14-13-9)11-4-2-6-15-11/h2,4,6-8,12H,1,3,5H2. The van der Waals surface area contributed by atoms with Crippen LogP contribution in [0.3, 0.4) is 0 Å². The van der Waals surface area contributed by atoms with Gasteiger partial charge < -0.3 is 9.84 Å². The molecule has 0 radical (unpaired) electrons. The first-order chi connectivity index (χ1) is 7.43. The van der Waals surface area contributed by atoms with Gasteiger partial charge in [-0.1, -0.05) is 11.2 Å². The summed E-state index contributed by atoms with van der Waals surface area (Å²) in [7, 11) is 0. The fourth-order valence-corrected chi connectivity index (χ4v) is 2.60. The molecule has 0 aromatic carbocycles. The molecular formula is C11H12N2OS. The molecule has 1 saturated heterocycles. The molecule has 4 heteroatoms. The number of thiophene rings is 1. The maximum Gasteiger partial charge on any atom is 0.177 e. The summed E-state index contributed by atoms with van der Waals surface area (Å²) in [5.41, 5.74) is 1.04. The van der Waals surface area contributed by atoms with Gasteiger partial charge in [-0.3, -0.25) is 0 Å². The van der Waals surface area contributed by atoms with Gasteiger partial charge in [-0.15, -0.1) is 11.3 Å². The Bertz CT molecular complexity index is 429. The van der Waals surface area contributed by atoms with E-state index < -0.39 is 0 Å². The van der Waals surface area contributed by atoms with E-state index >= 15 is 0 Å². The number of hydrogen-bond donors (Lipinski definition) is 1. The molecule has 15 heavy (non-hydrogen) atoms. The highest BCUT2D eigenvalue weighted by Gasteiger charge is 2.20. The minimum Gasteiger partial charge on any atom is -0.355 e. The third-order valence-electron chi connectivity index (χ3n) is 2.71. The van der Waals surface area contributed by atoms with E-state index in [1.165, 1.54) is 6.42 Å². The van der Waals surface area contributed by atoms with Crippen molar-refractivity contribution >= 4 is 11.3 Å². The first-order valence-electron chi connectivity index (χ1n) is 5.17. The predicted molar refractivity (Wildman–Crippen MR) is 59.8 cm³/mol. The third-order valence-corrected chi connectivity index (χ3v) is 3.59. The van der Waals surface area contributed by atoms with Crippen molar-refractivity contribution in [2.45, 2.75) is 18.9 Å². The predicted octanol–water partition coefficient (Wildman–Crippen LogP) is 2.83. The van der Waals surface area contributed by atoms with Crippen molar-refractivity contribution in [1.82, 2.24) is 10.5 Å². The highest BCUT2D eigenvalue weighted by molar-refractivity contribution is 7.13. The molecule has 2 aromatic heterocycles. The summed E-state index contributed by atoms with van der Waals surface area (Å²) in [5.74, 6) is 0.883. The Labute approximate surface area is 92.1 Å². The molecule has 78 valence electrons. The van der Waals surface area contributed by atoms with Crippen molar-refractivity contribution in [1.29, 1.82) is 0 Å². The second-order valence-electron chi connectivity index (χ2n) is 3.74. The molecule has 0 bridgehead atoms. The fourth-order valence-electron chi connectivity index (χ4n) is 1.92. The van der Waals surface area contributed by atoms with E-state index in [2.05, 4.69) is 22.6 Å². The van der Waals surface area contributed by atoms with Crippen LogP contribution < -0.4 is 5.32 Å². The van der Waals surface area contributed by atoms with Crippen LogP contribution in [0.2, 0.25) is 0 Å². The maximum absolute atomic E-state index is 5.34. The van der Waals surface area contributed by atoms with Gasteiger partial charge in [0.05, 0.1) is 10.9 Å². The van der Waals surface area contributed by atoms with Crippen molar-refractivity contribution in [2.24, 2.45) is 0 Å². The Hall–Kier alpha value is -1.13. The first-order valence-corrected chi connectivity index (χ1v) is 6.05. The lowest BCUT2D eigenvalue weighted by molar-refractivity contribution is 0.413. The molecule has 0 spiro atoms. The lowest BCUT2D eigenvalue weighted by atomic mass is 10.1. The minimum absolute atomic E-state index is 0.391. The zero-order valence-electron chi connectivity index (χ0n) is 8.27. The van der Waals surface area contributed by atoms with Gasteiger partial charge in [0.2, 0.25) is 0 Å². The Kier molecular flexibility index (Phi) is 2.31. The number of aromatic nitrogens is 1. The van der Waals surface area contributed by atoms with Crippen LogP contribution in [0, 0.1) is 0 Å². The second kappa shape index (κ2) is 3.79. The average molecular weight is 220 g/mol. The SMILES string of the molecule is c1csc(-c2cc(C3CCCN3)no2)c1. The summed E-state index contributed by atoms with van der Waals surface area (Å²) < 4.78 is 5.34. The molecule has 3 nitrogen and oxygen atoms in total. The van der Waals surface area contributed by atoms with Gasteiger partial charge in [-0.2, -0.15) is 0 Å². The van der Waals surface area contributed by atoms with E-state index in [-0.39, 0.29) is 0 Å². The van der Waals surface area contributed by atoms with Crippen molar-refractivity contribution in [3.8, 4) is 10.6 Å². The Balaban J connectivity index is 1.87. The number of nitrogens with zero attached hydrogens (tertiary/aromatic N) is 1. The van der Waals surface area contributed by atoms with Crippen LogP contribution in [0.4, 0.5) is 0 Å². The van der Waals surface area contributed by atoms with Crippen LogP contribution in [-0.2, 0) is 0 Å². The number of rotatable bonds is 2. The summed E-state index contributed by atoms with van der Waals surface area (Å²) in [6.45, 7) is 1.09. The van der Waals surface area contributed by atoms with E-state index in [1.807, 2.05) is 11.4 Å². The Morgan fingerprint density at radius 1 is 1.53 bits per heavy atom. The van der Waals surface area contributed by atoms with Gasteiger partial charge in [0.15, 0.2) is 5.76 Å². The van der Waals surface area contributed by atoms with E-state index in [0.29, 0.717) is 6.04 Å². The van der Waals surface area contributed by atoms with Crippen molar-refractivity contribution in [3.05, 3.63) is 29.3 Å². The molecule has 0 amide bonds. The van der Waals surface area contributed by atoms with Crippen molar-refractivity contribution < 1.29 is 4.52 Å². The molecule has 1 unspecified atom stereocenters. The smallest absolute Gasteiger partial charge is 0.177 e. The molecule has 1 aliphatic rings. The molecule has 3 heterocycles. The van der Waals surface area contributed by atoms with Crippen molar-refractivity contribution in [3.63, 3.8) is 0 Å². The zero-order valence-corrected chi connectivity index (χ0v) is 9.09. The van der Waals surface area contributed by atoms with Gasteiger partial charge in [0.1, 0.15) is 5.69 Å². The quantitative estimate of drug-likeness (QED) is 0.845. The lowest BCUT2D eigenvalue weighted by Gasteiger charge is -2.02. The topological polar surface area (TPSA) is 38.1 Å². The molecule has 1 fully saturated rings. The summed E-state index contributed by atoms with van der Waals surface area (Å²) in [6.07, 6.45) is 2.39. The zero-order chi connectivity index (χ0) is 10.1. The molecule has 0 aliphatic carbocycles. The van der Waals surface area contributed by atoms with Crippen LogP contribution in [-0.4, -0.2) is 11.7 Å². The molecule has 3 rings (SSSR count). The van der Waals surface area contributed by atoms with Gasteiger partial charge in [-0.05, 0) is 30.8 Å². The Morgan fingerprint density at radius 2 is 2.53 bits per heavy atom. The van der Waals surface area contributed by atoms with Gasteiger partial charge in [-0.25, -0.2) is 0 Å². The van der Waals surface area contributed by atoms with Crippen LogP contribution >= 0.6 is 11.3 Å². The molecule has 0 saturated carbocycles. The highest BCUT2D eigenvalue weighted by atomic mass is 32.1. The molecule has 1 N–H and O–H groups in total. The number of hydrogen-bond acceptors (Lipinski definition) is 4. The Morgan fingerprint density at radius 3 is 3.27 bits per heavy atom. The van der Waals surface area contributed by atoms with Crippen LogP contribution in [0.5, 0.6) is 0 Å². The molecule has 1 atom stereocenters. The van der Waals surface area contributed by atoms with E-state index in [1.54, 1.807) is 11.3 Å². The normalized spacial score (nSPS) is 20.9. The monoisotopic (exact) mass is 220 g/mol. The summed E-state index contributed by atoms with van der Waals surface area (Å²) in [6, 6.07) is 6.52.